The molecule has 0 heterocycles. The molecule has 0 rings (SSSR count). The van der Waals surface area contributed by atoms with Crippen LogP contribution in [-0.2, 0) is 0 Å². The minimum atomic E-state index is 0.947. The van der Waals surface area contributed by atoms with Gasteiger partial charge in [0.1, 0.15) is 0 Å². The van der Waals surface area contributed by atoms with Crippen LogP contribution in [0.4, 0.5) is 0 Å². The summed E-state index contributed by atoms with van der Waals surface area (Å²) in [7, 11) is 0. The van der Waals surface area contributed by atoms with E-state index < -0.39 is 0 Å². The van der Waals surface area contributed by atoms with Gasteiger partial charge in [0.05, 0.1) is 0 Å². The van der Waals surface area contributed by atoms with Crippen LogP contribution in [0.5, 0.6) is 0 Å². The summed E-state index contributed by atoms with van der Waals surface area (Å²) in [6.45, 7) is 9.47. The molecule has 0 aromatic carbocycles. The van der Waals surface area contributed by atoms with E-state index in [1.54, 1.807) is 0 Å². The molecular formula is C21H44. The van der Waals surface area contributed by atoms with Gasteiger partial charge >= 0.3 is 0 Å². The van der Waals surface area contributed by atoms with E-state index in [1.165, 1.54) is 96.3 Å². The quantitative estimate of drug-likeness (QED) is 0.252. The van der Waals surface area contributed by atoms with E-state index in [9.17, 15) is 0 Å². The van der Waals surface area contributed by atoms with Crippen LogP contribution in [0.15, 0.2) is 0 Å². The monoisotopic (exact) mass is 296 g/mol. The first-order chi connectivity index (χ1) is 10.2. The van der Waals surface area contributed by atoms with E-state index in [0.717, 1.165) is 11.8 Å². The second-order valence-electron chi connectivity index (χ2n) is 7.52. The van der Waals surface area contributed by atoms with Crippen LogP contribution < -0.4 is 0 Å². The van der Waals surface area contributed by atoms with E-state index in [4.69, 9.17) is 0 Å². The van der Waals surface area contributed by atoms with E-state index >= 15 is 0 Å². The molecule has 2 atom stereocenters. The fraction of sp³-hybridized carbons (Fsp3) is 1.00. The van der Waals surface area contributed by atoms with Crippen LogP contribution in [0.25, 0.3) is 0 Å². The summed E-state index contributed by atoms with van der Waals surface area (Å²) in [5.74, 6) is 1.92. The number of unbranched alkanes of at least 4 members (excludes halogenated alkanes) is 9. The van der Waals surface area contributed by atoms with Crippen LogP contribution in [0.3, 0.4) is 0 Å². The van der Waals surface area contributed by atoms with Crippen molar-refractivity contribution in [2.75, 3.05) is 0 Å². The Morgan fingerprint density at radius 2 is 0.857 bits per heavy atom. The first-order valence-corrected chi connectivity index (χ1v) is 10.2. The molecule has 0 aliphatic carbocycles. The zero-order chi connectivity index (χ0) is 15.8. The Bertz CT molecular complexity index is 184. The second kappa shape index (κ2) is 16.4. The van der Waals surface area contributed by atoms with Crippen molar-refractivity contribution in [2.45, 2.75) is 124 Å². The Kier molecular flexibility index (Phi) is 16.4. The van der Waals surface area contributed by atoms with Crippen LogP contribution in [0.1, 0.15) is 124 Å². The van der Waals surface area contributed by atoms with Gasteiger partial charge in [0.15, 0.2) is 0 Å². The molecule has 0 saturated carbocycles. The van der Waals surface area contributed by atoms with Crippen LogP contribution in [0, 0.1) is 11.8 Å². The molecule has 0 N–H and O–H groups in total. The molecule has 21 heavy (non-hydrogen) atoms. The van der Waals surface area contributed by atoms with Crippen molar-refractivity contribution in [3.63, 3.8) is 0 Å². The summed E-state index contributed by atoms with van der Waals surface area (Å²) in [4.78, 5) is 0. The predicted molar refractivity (Wildman–Crippen MR) is 98.9 cm³/mol. The lowest BCUT2D eigenvalue weighted by molar-refractivity contribution is 0.428. The fourth-order valence-corrected chi connectivity index (χ4v) is 3.14. The van der Waals surface area contributed by atoms with Crippen molar-refractivity contribution in [3.05, 3.63) is 0 Å². The third-order valence-electron chi connectivity index (χ3n) is 5.14. The molecule has 0 aliphatic heterocycles. The summed E-state index contributed by atoms with van der Waals surface area (Å²) in [5.41, 5.74) is 0. The summed E-state index contributed by atoms with van der Waals surface area (Å²) in [5, 5.41) is 0. The molecule has 0 spiro atoms. The van der Waals surface area contributed by atoms with Gasteiger partial charge < -0.3 is 0 Å². The lowest BCUT2D eigenvalue weighted by Gasteiger charge is -2.11. The topological polar surface area (TPSA) is 0 Å². The van der Waals surface area contributed by atoms with E-state index in [0.29, 0.717) is 0 Å². The van der Waals surface area contributed by atoms with Crippen LogP contribution >= 0.6 is 0 Å². The SMILES string of the molecule is CCCCCCCC(C)CCCCCCCCC(C)CC. The third-order valence-corrected chi connectivity index (χ3v) is 5.14. The first-order valence-electron chi connectivity index (χ1n) is 10.2. The normalized spacial score (nSPS) is 14.3. The van der Waals surface area contributed by atoms with Gasteiger partial charge in [-0.05, 0) is 11.8 Å². The van der Waals surface area contributed by atoms with Gasteiger partial charge in [0.25, 0.3) is 0 Å². The number of hydrogen-bond acceptors (Lipinski definition) is 0. The minimum Gasteiger partial charge on any atom is -0.0654 e. The largest absolute Gasteiger partial charge is 0.0654 e. The first kappa shape index (κ1) is 21.0. The van der Waals surface area contributed by atoms with Crippen LogP contribution in [0.2, 0.25) is 0 Å². The van der Waals surface area contributed by atoms with Gasteiger partial charge in [-0.3, -0.25) is 0 Å². The maximum absolute atomic E-state index is 2.46. The number of rotatable bonds is 16. The molecule has 128 valence electrons. The van der Waals surface area contributed by atoms with Crippen molar-refractivity contribution in [2.24, 2.45) is 11.8 Å². The molecular weight excluding hydrogens is 252 g/mol. The highest BCUT2D eigenvalue weighted by molar-refractivity contribution is 4.56. The lowest BCUT2D eigenvalue weighted by Crippen LogP contribution is -1.95. The van der Waals surface area contributed by atoms with Crippen molar-refractivity contribution < 1.29 is 0 Å². The standard InChI is InChI=1S/C21H44/c1-5-7-8-11-15-18-21(4)19-16-13-10-9-12-14-17-20(3)6-2/h20-21H,5-19H2,1-4H3. The molecule has 0 fully saturated rings. The van der Waals surface area contributed by atoms with Crippen molar-refractivity contribution in [3.8, 4) is 0 Å². The van der Waals surface area contributed by atoms with Crippen molar-refractivity contribution >= 4 is 0 Å². The molecule has 2 unspecified atom stereocenters. The maximum atomic E-state index is 2.46. The van der Waals surface area contributed by atoms with Gasteiger partial charge in [0, 0.05) is 0 Å². The highest BCUT2D eigenvalue weighted by atomic mass is 14.1. The third kappa shape index (κ3) is 16.2. The van der Waals surface area contributed by atoms with Crippen LogP contribution in [-0.4, -0.2) is 0 Å². The molecule has 0 bridgehead atoms. The van der Waals surface area contributed by atoms with E-state index in [1.807, 2.05) is 0 Å². The lowest BCUT2D eigenvalue weighted by atomic mass is 9.95. The predicted octanol–water partition coefficient (Wildman–Crippen LogP) is 8.15. The maximum Gasteiger partial charge on any atom is -0.0443 e. The van der Waals surface area contributed by atoms with Crippen molar-refractivity contribution in [1.29, 1.82) is 0 Å². The summed E-state index contributed by atoms with van der Waals surface area (Å²) in [6, 6.07) is 0. The van der Waals surface area contributed by atoms with Gasteiger partial charge in [-0.1, -0.05) is 124 Å². The molecule has 0 nitrogen and oxygen atoms in total. The van der Waals surface area contributed by atoms with E-state index in [2.05, 4.69) is 27.7 Å². The molecule has 0 radical (unpaired) electrons. The number of hydrogen-bond donors (Lipinski definition) is 0. The van der Waals surface area contributed by atoms with Gasteiger partial charge in [-0.2, -0.15) is 0 Å². The van der Waals surface area contributed by atoms with Gasteiger partial charge in [-0.25, -0.2) is 0 Å². The zero-order valence-electron chi connectivity index (χ0n) is 15.8. The molecule has 0 aliphatic rings. The Balaban J connectivity index is 3.16. The summed E-state index contributed by atoms with van der Waals surface area (Å²) >= 11 is 0. The molecule has 0 saturated heterocycles. The smallest absolute Gasteiger partial charge is 0.0443 e. The minimum absolute atomic E-state index is 0.947. The highest BCUT2D eigenvalue weighted by Gasteiger charge is 2.02. The molecule has 0 amide bonds. The average Bonchev–Trinajstić information content (AvgIpc) is 2.49. The van der Waals surface area contributed by atoms with Crippen molar-refractivity contribution in [1.82, 2.24) is 0 Å². The van der Waals surface area contributed by atoms with Gasteiger partial charge in [0.2, 0.25) is 0 Å². The fourth-order valence-electron chi connectivity index (χ4n) is 3.14. The molecule has 0 aromatic rings. The highest BCUT2D eigenvalue weighted by Crippen LogP contribution is 2.19. The Labute approximate surface area is 136 Å². The Hall–Kier alpha value is 0. The Morgan fingerprint density at radius 3 is 1.29 bits per heavy atom. The summed E-state index contributed by atoms with van der Waals surface area (Å²) in [6.07, 6.45) is 21.8. The second-order valence-corrected chi connectivity index (χ2v) is 7.52. The summed E-state index contributed by atoms with van der Waals surface area (Å²) < 4.78 is 0. The van der Waals surface area contributed by atoms with E-state index in [-0.39, 0.29) is 0 Å². The molecule has 0 heteroatoms. The Morgan fingerprint density at radius 1 is 0.476 bits per heavy atom. The average molecular weight is 297 g/mol. The zero-order valence-corrected chi connectivity index (χ0v) is 15.8. The van der Waals surface area contributed by atoms with Gasteiger partial charge in [-0.15, -0.1) is 0 Å². The molecule has 0 aromatic heterocycles.